The van der Waals surface area contributed by atoms with Crippen LogP contribution in [0.25, 0.3) is 22.2 Å². The van der Waals surface area contributed by atoms with Gasteiger partial charge in [0.1, 0.15) is 0 Å². The van der Waals surface area contributed by atoms with Gasteiger partial charge in [-0.05, 0) is 48.4 Å². The third-order valence-electron chi connectivity index (χ3n) is 8.07. The van der Waals surface area contributed by atoms with Gasteiger partial charge in [0.05, 0.1) is 23.8 Å². The summed E-state index contributed by atoms with van der Waals surface area (Å²) in [5.74, 6) is -0.604. The summed E-state index contributed by atoms with van der Waals surface area (Å²) in [5, 5.41) is 11.4. The first kappa shape index (κ1) is 19.6. The Labute approximate surface area is 187 Å². The van der Waals surface area contributed by atoms with Crippen molar-refractivity contribution in [3.8, 4) is 11.3 Å². The first-order chi connectivity index (χ1) is 15.5. The van der Waals surface area contributed by atoms with Crippen LogP contribution in [0, 0.1) is 5.41 Å². The van der Waals surface area contributed by atoms with Crippen molar-refractivity contribution < 1.29 is 19.4 Å². The van der Waals surface area contributed by atoms with Crippen LogP contribution in [0.3, 0.4) is 0 Å². The molecular weight excluding hydrogens is 402 g/mol. The van der Waals surface area contributed by atoms with E-state index in [-0.39, 0.29) is 11.9 Å². The Hall–Kier alpha value is -3.08. The minimum absolute atomic E-state index is 0.0362. The molecular formula is C27H27NO4. The number of carboxylic acids is 1. The van der Waals surface area contributed by atoms with Gasteiger partial charge in [0.2, 0.25) is 0 Å². The Bertz CT molecular complexity index is 1270. The molecule has 0 radical (unpaired) electrons. The van der Waals surface area contributed by atoms with Crippen LogP contribution in [-0.2, 0) is 16.1 Å². The van der Waals surface area contributed by atoms with Gasteiger partial charge in [-0.1, -0.05) is 49.6 Å². The highest BCUT2D eigenvalue weighted by atomic mass is 16.5. The summed E-state index contributed by atoms with van der Waals surface area (Å²) in [5.41, 5.74) is 5.49. The topological polar surface area (TPSA) is 68.5 Å². The average molecular weight is 430 g/mol. The number of methoxy groups -OCH3 is 1. The van der Waals surface area contributed by atoms with Crippen molar-refractivity contribution in [1.29, 1.82) is 0 Å². The van der Waals surface area contributed by atoms with Crippen molar-refractivity contribution in [2.24, 2.45) is 5.41 Å². The van der Waals surface area contributed by atoms with Gasteiger partial charge in [-0.2, -0.15) is 0 Å². The quantitative estimate of drug-likeness (QED) is 0.541. The van der Waals surface area contributed by atoms with Crippen molar-refractivity contribution in [3.63, 3.8) is 0 Å². The van der Waals surface area contributed by atoms with Crippen LogP contribution in [0.4, 0.5) is 0 Å². The maximum Gasteiger partial charge on any atom is 0.337 e. The second-order valence-corrected chi connectivity index (χ2v) is 9.71. The molecule has 2 aliphatic carbocycles. The number of benzene rings is 2. The van der Waals surface area contributed by atoms with E-state index in [4.69, 9.17) is 4.74 Å². The Kier molecular flexibility index (Phi) is 4.26. The van der Waals surface area contributed by atoms with Crippen LogP contribution in [0.1, 0.15) is 71.8 Å². The normalized spacial score (nSPS) is 24.2. The maximum absolute atomic E-state index is 12.5. The van der Waals surface area contributed by atoms with Crippen LogP contribution in [0.15, 0.2) is 42.5 Å². The molecule has 1 aromatic heterocycles. The number of rotatable bonds is 3. The lowest BCUT2D eigenvalue weighted by molar-refractivity contribution is -0.144. The monoisotopic (exact) mass is 429 g/mol. The number of nitrogens with zero attached hydrogens (tertiary/aromatic N) is 1. The first-order valence-electron chi connectivity index (χ1n) is 11.6. The summed E-state index contributed by atoms with van der Waals surface area (Å²) < 4.78 is 7.19. The lowest BCUT2D eigenvalue weighted by atomic mass is 9.81. The molecule has 3 aliphatic rings. The number of ether oxygens (including phenoxy) is 1. The number of carboxylic acid groups (broad SMARTS) is 1. The molecule has 6 rings (SSSR count). The SMILES string of the molecule is COC(=O)c1ccc2c(C3CCCCC3)c3n(c2c1)CC1(C(=O)O)CC1c1ccccc1-3. The van der Waals surface area contributed by atoms with Crippen molar-refractivity contribution in [2.45, 2.75) is 56.9 Å². The Morgan fingerprint density at radius 2 is 1.88 bits per heavy atom. The van der Waals surface area contributed by atoms with E-state index in [0.29, 0.717) is 24.4 Å². The van der Waals surface area contributed by atoms with Crippen LogP contribution in [-0.4, -0.2) is 28.7 Å². The zero-order valence-electron chi connectivity index (χ0n) is 18.3. The molecule has 5 nitrogen and oxygen atoms in total. The highest BCUT2D eigenvalue weighted by molar-refractivity contribution is 5.99. The fraction of sp³-hybridized carbons (Fsp3) is 0.407. The van der Waals surface area contributed by atoms with E-state index in [9.17, 15) is 14.7 Å². The minimum Gasteiger partial charge on any atom is -0.481 e. The number of esters is 1. The summed E-state index contributed by atoms with van der Waals surface area (Å²) >= 11 is 0. The molecule has 3 aromatic rings. The molecule has 1 N–H and O–H groups in total. The molecule has 2 atom stereocenters. The van der Waals surface area contributed by atoms with Crippen molar-refractivity contribution >= 4 is 22.8 Å². The van der Waals surface area contributed by atoms with Crippen LogP contribution in [0.2, 0.25) is 0 Å². The van der Waals surface area contributed by atoms with Crippen LogP contribution < -0.4 is 0 Å². The van der Waals surface area contributed by atoms with E-state index in [0.717, 1.165) is 40.6 Å². The number of fused-ring (bicyclic) bond motifs is 7. The molecule has 2 unspecified atom stereocenters. The number of carbonyl (C=O) groups excluding carboxylic acids is 1. The van der Waals surface area contributed by atoms with E-state index < -0.39 is 11.4 Å². The van der Waals surface area contributed by atoms with Gasteiger partial charge in [-0.15, -0.1) is 0 Å². The van der Waals surface area contributed by atoms with Gasteiger partial charge in [-0.25, -0.2) is 4.79 Å². The molecule has 2 fully saturated rings. The number of carbonyl (C=O) groups is 2. The van der Waals surface area contributed by atoms with Gasteiger partial charge < -0.3 is 14.4 Å². The van der Waals surface area contributed by atoms with Crippen molar-refractivity contribution in [2.75, 3.05) is 7.11 Å². The predicted molar refractivity (Wildman–Crippen MR) is 122 cm³/mol. The van der Waals surface area contributed by atoms with E-state index in [1.54, 1.807) is 0 Å². The average Bonchev–Trinajstić information content (AvgIpc) is 3.50. The first-order valence-corrected chi connectivity index (χ1v) is 11.6. The fourth-order valence-corrected chi connectivity index (χ4v) is 6.37. The molecule has 1 aliphatic heterocycles. The van der Waals surface area contributed by atoms with Crippen LogP contribution in [0.5, 0.6) is 0 Å². The van der Waals surface area contributed by atoms with Gasteiger partial charge in [0, 0.05) is 28.9 Å². The fourth-order valence-electron chi connectivity index (χ4n) is 6.37. The van der Waals surface area contributed by atoms with E-state index in [1.807, 2.05) is 24.3 Å². The van der Waals surface area contributed by atoms with Crippen molar-refractivity contribution in [1.82, 2.24) is 4.57 Å². The Morgan fingerprint density at radius 3 is 2.62 bits per heavy atom. The second kappa shape index (κ2) is 6.96. The molecule has 2 saturated carbocycles. The number of aliphatic carboxylic acids is 1. The Morgan fingerprint density at radius 1 is 1.09 bits per heavy atom. The predicted octanol–water partition coefficient (Wildman–Crippen LogP) is 5.71. The number of hydrogen-bond acceptors (Lipinski definition) is 3. The van der Waals surface area contributed by atoms with Crippen molar-refractivity contribution in [3.05, 3.63) is 59.2 Å². The second-order valence-electron chi connectivity index (χ2n) is 9.71. The van der Waals surface area contributed by atoms with Gasteiger partial charge >= 0.3 is 11.9 Å². The maximum atomic E-state index is 12.5. The lowest BCUT2D eigenvalue weighted by Crippen LogP contribution is -2.22. The Balaban J connectivity index is 1.69. The van der Waals surface area contributed by atoms with Gasteiger partial charge in [0.15, 0.2) is 0 Å². The molecule has 2 aromatic carbocycles. The molecule has 0 saturated heterocycles. The largest absolute Gasteiger partial charge is 0.481 e. The summed E-state index contributed by atoms with van der Waals surface area (Å²) in [6, 6.07) is 14.1. The zero-order chi connectivity index (χ0) is 22.0. The number of aromatic nitrogens is 1. The molecule has 5 heteroatoms. The molecule has 0 spiro atoms. The summed E-state index contributed by atoms with van der Waals surface area (Å²) in [4.78, 5) is 24.8. The smallest absolute Gasteiger partial charge is 0.337 e. The molecule has 164 valence electrons. The summed E-state index contributed by atoms with van der Waals surface area (Å²) in [6.45, 7) is 0.435. The van der Waals surface area contributed by atoms with E-state index in [2.05, 4.69) is 22.8 Å². The number of hydrogen-bond donors (Lipinski definition) is 1. The lowest BCUT2D eigenvalue weighted by Gasteiger charge is -2.24. The summed E-state index contributed by atoms with van der Waals surface area (Å²) in [6.07, 6.45) is 6.69. The third-order valence-corrected chi connectivity index (χ3v) is 8.07. The van der Waals surface area contributed by atoms with Gasteiger partial charge in [0.25, 0.3) is 0 Å². The molecule has 0 amide bonds. The van der Waals surface area contributed by atoms with Crippen LogP contribution >= 0.6 is 0 Å². The van der Waals surface area contributed by atoms with E-state index in [1.165, 1.54) is 31.9 Å². The zero-order valence-corrected chi connectivity index (χ0v) is 18.3. The molecule has 2 heterocycles. The molecule has 32 heavy (non-hydrogen) atoms. The third kappa shape index (κ3) is 2.63. The highest BCUT2D eigenvalue weighted by Crippen LogP contribution is 2.65. The minimum atomic E-state index is -0.779. The molecule has 0 bridgehead atoms. The highest BCUT2D eigenvalue weighted by Gasteiger charge is 2.63. The van der Waals surface area contributed by atoms with Gasteiger partial charge in [-0.3, -0.25) is 4.79 Å². The van der Waals surface area contributed by atoms with E-state index >= 15 is 0 Å². The summed E-state index contributed by atoms with van der Waals surface area (Å²) in [7, 11) is 1.39. The standard InChI is InChI=1S/C27H27NO4/c1-32-25(29)17-11-12-20-22(13-17)28-15-27(26(30)31)14-21(27)18-9-5-6-10-19(18)24(28)23(20)16-7-3-2-4-8-16/h5-6,9-13,16,21H,2-4,7-8,14-15H2,1H3,(H,30,31).